The highest BCUT2D eigenvalue weighted by Gasteiger charge is 2.23. The fourth-order valence-corrected chi connectivity index (χ4v) is 3.08. The zero-order valence-electron chi connectivity index (χ0n) is 14.2. The molecule has 0 unspecified atom stereocenters. The number of amides is 2. The highest BCUT2D eigenvalue weighted by atomic mass is 16.5. The molecule has 1 atom stereocenters. The summed E-state index contributed by atoms with van der Waals surface area (Å²) in [4.78, 5) is 14.3. The molecule has 1 aliphatic rings. The molecule has 1 heterocycles. The van der Waals surface area contributed by atoms with Crippen molar-refractivity contribution in [1.29, 1.82) is 0 Å². The van der Waals surface area contributed by atoms with Gasteiger partial charge in [-0.15, -0.1) is 0 Å². The quantitative estimate of drug-likeness (QED) is 0.924. The van der Waals surface area contributed by atoms with Gasteiger partial charge in [0.2, 0.25) is 0 Å². The van der Waals surface area contributed by atoms with E-state index in [0.717, 1.165) is 38.1 Å². The molecular formula is C18H28N2O2. The second kappa shape index (κ2) is 7.63. The first kappa shape index (κ1) is 16.8. The Balaban J connectivity index is 1.89. The van der Waals surface area contributed by atoms with Gasteiger partial charge >= 0.3 is 6.03 Å². The van der Waals surface area contributed by atoms with Gasteiger partial charge in [0.25, 0.3) is 0 Å². The first-order chi connectivity index (χ1) is 10.5. The number of nitrogens with one attached hydrogen (secondary N) is 1. The predicted molar refractivity (Wildman–Crippen MR) is 89.1 cm³/mol. The Hall–Kier alpha value is -1.55. The minimum Gasteiger partial charge on any atom is -0.378 e. The minimum absolute atomic E-state index is 0.0238. The molecule has 0 radical (unpaired) electrons. The summed E-state index contributed by atoms with van der Waals surface area (Å²) in [5.74, 6) is 0. The summed E-state index contributed by atoms with van der Waals surface area (Å²) >= 11 is 0. The fourth-order valence-electron chi connectivity index (χ4n) is 3.08. The molecule has 4 nitrogen and oxygen atoms in total. The molecule has 1 N–H and O–H groups in total. The Morgan fingerprint density at radius 3 is 2.41 bits per heavy atom. The van der Waals surface area contributed by atoms with Crippen molar-refractivity contribution in [2.24, 2.45) is 0 Å². The van der Waals surface area contributed by atoms with Gasteiger partial charge in [-0.25, -0.2) is 4.79 Å². The Labute approximate surface area is 133 Å². The zero-order chi connectivity index (χ0) is 16.1. The lowest BCUT2D eigenvalue weighted by Crippen LogP contribution is -2.46. The molecule has 122 valence electrons. The number of hydrogen-bond acceptors (Lipinski definition) is 2. The van der Waals surface area contributed by atoms with Gasteiger partial charge in [-0.05, 0) is 46.1 Å². The molecule has 4 heteroatoms. The van der Waals surface area contributed by atoms with Crippen LogP contribution >= 0.6 is 0 Å². The maximum Gasteiger partial charge on any atom is 0.317 e. The van der Waals surface area contributed by atoms with Crippen molar-refractivity contribution >= 4 is 6.03 Å². The van der Waals surface area contributed by atoms with Gasteiger partial charge in [0.1, 0.15) is 0 Å². The number of likely N-dealkylation sites (tertiary alicyclic amines) is 1. The standard InChI is InChI=1S/C18H28N2O2/c1-5-22-17-6-8-20(9-7-17)18(21)19-15(4)16-11-13(2)10-14(3)12-16/h10-12,15,17H,5-9H2,1-4H3,(H,19,21)/t15-/m0/s1. The second-order valence-corrected chi connectivity index (χ2v) is 6.23. The number of aryl methyl sites for hydroxylation is 2. The van der Waals surface area contributed by atoms with E-state index < -0.39 is 0 Å². The lowest BCUT2D eigenvalue weighted by molar-refractivity contribution is 0.0218. The normalized spacial score (nSPS) is 17.4. The SMILES string of the molecule is CCOC1CCN(C(=O)N[C@@H](C)c2cc(C)cc(C)c2)CC1. The van der Waals surface area contributed by atoms with Crippen LogP contribution in [0.5, 0.6) is 0 Å². The highest BCUT2D eigenvalue weighted by molar-refractivity contribution is 5.74. The summed E-state index contributed by atoms with van der Waals surface area (Å²) in [6.07, 6.45) is 2.17. The van der Waals surface area contributed by atoms with Gasteiger partial charge in [-0.1, -0.05) is 29.3 Å². The summed E-state index contributed by atoms with van der Waals surface area (Å²) in [5, 5.41) is 3.11. The van der Waals surface area contributed by atoms with Crippen LogP contribution in [0.3, 0.4) is 0 Å². The molecule has 0 saturated carbocycles. The van der Waals surface area contributed by atoms with Crippen LogP contribution in [0.15, 0.2) is 18.2 Å². The van der Waals surface area contributed by atoms with Crippen molar-refractivity contribution in [2.45, 2.75) is 52.7 Å². The summed E-state index contributed by atoms with van der Waals surface area (Å²) in [6.45, 7) is 10.5. The molecule has 22 heavy (non-hydrogen) atoms. The van der Waals surface area contributed by atoms with Crippen LogP contribution in [0.4, 0.5) is 4.79 Å². The van der Waals surface area contributed by atoms with Crippen molar-refractivity contribution in [3.63, 3.8) is 0 Å². The summed E-state index contributed by atoms with van der Waals surface area (Å²) in [7, 11) is 0. The first-order valence-corrected chi connectivity index (χ1v) is 8.24. The van der Waals surface area contributed by atoms with Crippen molar-refractivity contribution in [2.75, 3.05) is 19.7 Å². The molecule has 1 fully saturated rings. The average molecular weight is 304 g/mol. The van der Waals surface area contributed by atoms with Crippen molar-refractivity contribution in [1.82, 2.24) is 10.2 Å². The summed E-state index contributed by atoms with van der Waals surface area (Å²) in [5.41, 5.74) is 3.62. The maximum absolute atomic E-state index is 12.4. The monoisotopic (exact) mass is 304 g/mol. The molecule has 1 aromatic rings. The molecule has 0 aromatic heterocycles. The molecular weight excluding hydrogens is 276 g/mol. The Kier molecular flexibility index (Phi) is 5.83. The third kappa shape index (κ3) is 4.47. The van der Waals surface area contributed by atoms with E-state index in [-0.39, 0.29) is 12.1 Å². The number of carbonyl (C=O) groups is 1. The van der Waals surface area contributed by atoms with E-state index in [1.54, 1.807) is 0 Å². The first-order valence-electron chi connectivity index (χ1n) is 8.24. The molecule has 0 aliphatic carbocycles. The minimum atomic E-state index is 0.0238. The van der Waals surface area contributed by atoms with Crippen LogP contribution in [0.1, 0.15) is 49.4 Å². The Bertz CT molecular complexity index is 488. The van der Waals surface area contributed by atoms with Crippen molar-refractivity contribution in [3.8, 4) is 0 Å². The topological polar surface area (TPSA) is 41.6 Å². The molecule has 0 bridgehead atoms. The van der Waals surface area contributed by atoms with E-state index in [2.05, 4.69) is 37.4 Å². The van der Waals surface area contributed by atoms with Crippen LogP contribution in [-0.4, -0.2) is 36.7 Å². The maximum atomic E-state index is 12.4. The van der Waals surface area contributed by atoms with Gasteiger partial charge in [0, 0.05) is 19.7 Å². The summed E-state index contributed by atoms with van der Waals surface area (Å²) < 4.78 is 5.63. The smallest absolute Gasteiger partial charge is 0.317 e. The number of hydrogen-bond donors (Lipinski definition) is 1. The lowest BCUT2D eigenvalue weighted by atomic mass is 10.0. The third-order valence-electron chi connectivity index (χ3n) is 4.22. The van der Waals surface area contributed by atoms with Crippen LogP contribution in [-0.2, 0) is 4.74 Å². The van der Waals surface area contributed by atoms with Crippen LogP contribution in [0.25, 0.3) is 0 Å². The fraction of sp³-hybridized carbons (Fsp3) is 0.611. The largest absolute Gasteiger partial charge is 0.378 e. The van der Waals surface area contributed by atoms with Crippen molar-refractivity contribution in [3.05, 3.63) is 34.9 Å². The Morgan fingerprint density at radius 2 is 1.86 bits per heavy atom. The van der Waals surface area contributed by atoms with Crippen molar-refractivity contribution < 1.29 is 9.53 Å². The number of nitrogens with zero attached hydrogens (tertiary/aromatic N) is 1. The van der Waals surface area contributed by atoms with Gasteiger partial charge < -0.3 is 15.0 Å². The van der Waals surface area contributed by atoms with Gasteiger partial charge in [0.15, 0.2) is 0 Å². The summed E-state index contributed by atoms with van der Waals surface area (Å²) in [6, 6.07) is 6.48. The van der Waals surface area contributed by atoms with E-state index in [1.165, 1.54) is 11.1 Å². The van der Waals surface area contributed by atoms with Crippen LogP contribution < -0.4 is 5.32 Å². The molecule has 1 aromatic carbocycles. The molecule has 2 rings (SSSR count). The van der Waals surface area contributed by atoms with E-state index in [4.69, 9.17) is 4.74 Å². The molecule has 1 saturated heterocycles. The number of rotatable bonds is 4. The number of piperidine rings is 1. The molecule has 1 aliphatic heterocycles. The number of urea groups is 1. The lowest BCUT2D eigenvalue weighted by Gasteiger charge is -2.32. The molecule has 2 amide bonds. The predicted octanol–water partition coefficient (Wildman–Crippen LogP) is 3.57. The van der Waals surface area contributed by atoms with Gasteiger partial charge in [0.05, 0.1) is 12.1 Å². The second-order valence-electron chi connectivity index (χ2n) is 6.23. The van der Waals surface area contributed by atoms with E-state index >= 15 is 0 Å². The van der Waals surface area contributed by atoms with Gasteiger partial charge in [-0.2, -0.15) is 0 Å². The average Bonchev–Trinajstić information content (AvgIpc) is 2.47. The van der Waals surface area contributed by atoms with Crippen LogP contribution in [0, 0.1) is 13.8 Å². The van der Waals surface area contributed by atoms with Crippen LogP contribution in [0.2, 0.25) is 0 Å². The third-order valence-corrected chi connectivity index (χ3v) is 4.22. The number of ether oxygens (including phenoxy) is 1. The zero-order valence-corrected chi connectivity index (χ0v) is 14.2. The Morgan fingerprint density at radius 1 is 1.27 bits per heavy atom. The van der Waals surface area contributed by atoms with Gasteiger partial charge in [-0.3, -0.25) is 0 Å². The van der Waals surface area contributed by atoms with E-state index in [1.807, 2.05) is 18.7 Å². The number of carbonyl (C=O) groups excluding carboxylic acids is 1. The highest BCUT2D eigenvalue weighted by Crippen LogP contribution is 2.18. The van der Waals surface area contributed by atoms with E-state index in [0.29, 0.717) is 6.10 Å². The number of benzene rings is 1. The molecule has 0 spiro atoms. The van der Waals surface area contributed by atoms with E-state index in [9.17, 15) is 4.79 Å².